The highest BCUT2D eigenvalue weighted by Gasteiger charge is 2.38. The van der Waals surface area contributed by atoms with E-state index in [9.17, 15) is 9.90 Å². The van der Waals surface area contributed by atoms with Crippen LogP contribution in [-0.2, 0) is 22.6 Å². The molecule has 1 fully saturated rings. The first-order valence-electron chi connectivity index (χ1n) is 12.6. The second kappa shape index (κ2) is 11.1. The molecule has 3 aromatic carbocycles. The van der Waals surface area contributed by atoms with Gasteiger partial charge in [-0.1, -0.05) is 55.5 Å². The second-order valence-corrected chi connectivity index (χ2v) is 9.32. The largest absolute Gasteiger partial charge is 0.392 e. The Bertz CT molecular complexity index is 1350. The van der Waals surface area contributed by atoms with E-state index in [1.54, 1.807) is 0 Å². The van der Waals surface area contributed by atoms with Crippen LogP contribution in [0.3, 0.4) is 0 Å². The number of anilines is 1. The predicted octanol–water partition coefficient (Wildman–Crippen LogP) is 5.16. The van der Waals surface area contributed by atoms with Gasteiger partial charge in [0.05, 0.1) is 42.7 Å². The highest BCUT2D eigenvalue weighted by molar-refractivity contribution is 5.89. The van der Waals surface area contributed by atoms with Gasteiger partial charge in [-0.3, -0.25) is 0 Å². The predicted molar refractivity (Wildman–Crippen MR) is 142 cm³/mol. The van der Waals surface area contributed by atoms with Crippen LogP contribution in [0.2, 0.25) is 0 Å². The first kappa shape index (κ1) is 25.0. The summed E-state index contributed by atoms with van der Waals surface area (Å²) in [4.78, 5) is 16.6. The highest BCUT2D eigenvalue weighted by atomic mass is 16.7. The molecule has 2 amide bonds. The fourth-order valence-corrected chi connectivity index (χ4v) is 4.78. The summed E-state index contributed by atoms with van der Waals surface area (Å²) >= 11 is 0. The SMILES string of the molecule is CCNC(=O)Nc1cccc(C2O[C@H](Cn3cnc4ccccc43)[C@H](C)[C@H](c3ccc(CO)cc3)O2)c1. The summed E-state index contributed by atoms with van der Waals surface area (Å²) in [6.07, 6.45) is 0.826. The maximum Gasteiger partial charge on any atom is 0.319 e. The molecule has 0 radical (unpaired) electrons. The number of imidazole rings is 1. The van der Waals surface area contributed by atoms with Crippen LogP contribution < -0.4 is 10.6 Å². The lowest BCUT2D eigenvalue weighted by Crippen LogP contribution is -2.39. The lowest BCUT2D eigenvalue weighted by molar-refractivity contribution is -0.276. The van der Waals surface area contributed by atoms with Crippen LogP contribution in [0.15, 0.2) is 79.1 Å². The summed E-state index contributed by atoms with van der Waals surface area (Å²) in [6.45, 7) is 5.16. The molecule has 8 nitrogen and oxygen atoms in total. The number of hydrogen-bond donors (Lipinski definition) is 3. The van der Waals surface area contributed by atoms with E-state index in [-0.39, 0.29) is 30.8 Å². The van der Waals surface area contributed by atoms with E-state index in [0.717, 1.165) is 27.7 Å². The van der Waals surface area contributed by atoms with Crippen molar-refractivity contribution in [2.24, 2.45) is 5.92 Å². The average molecular weight is 501 g/mol. The minimum Gasteiger partial charge on any atom is -0.392 e. The summed E-state index contributed by atoms with van der Waals surface area (Å²) < 4.78 is 15.2. The Hall–Kier alpha value is -3.72. The topological polar surface area (TPSA) is 97.6 Å². The van der Waals surface area contributed by atoms with Crippen molar-refractivity contribution in [2.75, 3.05) is 11.9 Å². The van der Waals surface area contributed by atoms with Gasteiger partial charge in [0.1, 0.15) is 0 Å². The molecule has 1 saturated heterocycles. The third kappa shape index (κ3) is 5.51. The molecule has 37 heavy (non-hydrogen) atoms. The van der Waals surface area contributed by atoms with E-state index in [1.807, 2.05) is 80.0 Å². The Labute approximate surface area is 216 Å². The molecule has 192 valence electrons. The molecule has 1 aliphatic rings. The molecule has 1 aliphatic heterocycles. The number of carbonyl (C=O) groups excluding carboxylic acids is 1. The Morgan fingerprint density at radius 3 is 2.62 bits per heavy atom. The maximum absolute atomic E-state index is 12.1. The zero-order valence-electron chi connectivity index (χ0n) is 21.0. The van der Waals surface area contributed by atoms with Crippen molar-refractivity contribution in [1.29, 1.82) is 0 Å². The van der Waals surface area contributed by atoms with Crippen molar-refractivity contribution in [1.82, 2.24) is 14.9 Å². The number of aliphatic hydroxyl groups excluding tert-OH is 1. The number of carbonyl (C=O) groups is 1. The average Bonchev–Trinajstić information content (AvgIpc) is 3.33. The molecule has 0 spiro atoms. The van der Waals surface area contributed by atoms with Crippen LogP contribution >= 0.6 is 0 Å². The van der Waals surface area contributed by atoms with Gasteiger partial charge in [-0.2, -0.15) is 0 Å². The number of rotatable bonds is 7. The number of amides is 2. The Morgan fingerprint density at radius 1 is 1.03 bits per heavy atom. The van der Waals surface area contributed by atoms with Crippen LogP contribution in [0.25, 0.3) is 11.0 Å². The number of benzene rings is 3. The van der Waals surface area contributed by atoms with Crippen LogP contribution in [-0.4, -0.2) is 33.3 Å². The van der Waals surface area contributed by atoms with Gasteiger partial charge in [-0.05, 0) is 42.3 Å². The van der Waals surface area contributed by atoms with Crippen LogP contribution in [0.5, 0.6) is 0 Å². The fourth-order valence-electron chi connectivity index (χ4n) is 4.78. The second-order valence-electron chi connectivity index (χ2n) is 9.32. The quantitative estimate of drug-likeness (QED) is 0.326. The summed E-state index contributed by atoms with van der Waals surface area (Å²) in [5.41, 5.74) is 5.35. The third-order valence-corrected chi connectivity index (χ3v) is 6.78. The Morgan fingerprint density at radius 2 is 1.84 bits per heavy atom. The third-order valence-electron chi connectivity index (χ3n) is 6.78. The van der Waals surface area contributed by atoms with Crippen LogP contribution in [0.1, 0.15) is 42.9 Å². The van der Waals surface area contributed by atoms with Crippen molar-refractivity contribution < 1.29 is 19.4 Å². The van der Waals surface area contributed by atoms with E-state index in [2.05, 4.69) is 33.2 Å². The minimum absolute atomic E-state index is 0.00514. The van der Waals surface area contributed by atoms with Gasteiger partial charge in [0, 0.05) is 23.7 Å². The summed E-state index contributed by atoms with van der Waals surface area (Å²) in [6, 6.07) is 23.2. The molecule has 8 heteroatoms. The van der Waals surface area contributed by atoms with E-state index in [0.29, 0.717) is 18.8 Å². The lowest BCUT2D eigenvalue weighted by atomic mass is 9.90. The molecule has 3 N–H and O–H groups in total. The number of aliphatic hydroxyl groups is 1. The summed E-state index contributed by atoms with van der Waals surface area (Å²) in [5.74, 6) is 0.0361. The number of aromatic nitrogens is 2. The van der Waals surface area contributed by atoms with Crippen molar-refractivity contribution in [3.05, 3.63) is 95.8 Å². The molecule has 5 rings (SSSR count). The van der Waals surface area contributed by atoms with Gasteiger partial charge >= 0.3 is 6.03 Å². The van der Waals surface area contributed by atoms with E-state index in [4.69, 9.17) is 9.47 Å². The van der Waals surface area contributed by atoms with Crippen molar-refractivity contribution in [3.8, 4) is 0 Å². The first-order chi connectivity index (χ1) is 18.1. The molecule has 0 aliphatic carbocycles. The molecule has 1 aromatic heterocycles. The number of fused-ring (bicyclic) bond motifs is 1. The number of nitrogens with one attached hydrogen (secondary N) is 2. The maximum atomic E-state index is 12.1. The number of nitrogens with zero attached hydrogens (tertiary/aromatic N) is 2. The molecular formula is C29H32N4O4. The van der Waals surface area contributed by atoms with Gasteiger partial charge in [0.15, 0.2) is 6.29 Å². The number of hydrogen-bond acceptors (Lipinski definition) is 5. The number of urea groups is 1. The smallest absolute Gasteiger partial charge is 0.319 e. The van der Waals surface area contributed by atoms with Gasteiger partial charge in [0.2, 0.25) is 0 Å². The van der Waals surface area contributed by atoms with Crippen LogP contribution in [0, 0.1) is 5.92 Å². The monoisotopic (exact) mass is 500 g/mol. The molecule has 2 heterocycles. The molecule has 4 aromatic rings. The van der Waals surface area contributed by atoms with Gasteiger partial charge in [0.25, 0.3) is 0 Å². The van der Waals surface area contributed by atoms with Crippen molar-refractivity contribution in [2.45, 2.75) is 45.5 Å². The fraction of sp³-hybridized carbons (Fsp3) is 0.310. The zero-order chi connectivity index (χ0) is 25.8. The van der Waals surface area contributed by atoms with E-state index >= 15 is 0 Å². The minimum atomic E-state index is -0.630. The van der Waals surface area contributed by atoms with Gasteiger partial charge < -0.3 is 29.8 Å². The molecule has 0 bridgehead atoms. The van der Waals surface area contributed by atoms with E-state index in [1.165, 1.54) is 0 Å². The normalized spacial score (nSPS) is 21.6. The molecule has 4 atom stereocenters. The number of ether oxygens (including phenoxy) is 2. The summed E-state index contributed by atoms with van der Waals surface area (Å²) in [7, 11) is 0. The number of para-hydroxylation sites is 2. The molecular weight excluding hydrogens is 468 g/mol. The highest BCUT2D eigenvalue weighted by Crippen LogP contribution is 2.42. The van der Waals surface area contributed by atoms with Crippen molar-refractivity contribution >= 4 is 22.8 Å². The molecule has 1 unspecified atom stereocenters. The first-order valence-corrected chi connectivity index (χ1v) is 12.6. The zero-order valence-corrected chi connectivity index (χ0v) is 21.0. The standard InChI is InChI=1S/C29H32N4O4/c1-3-30-29(35)32-23-8-6-7-22(15-23)28-36-26(16-33-18-31-24-9-4-5-10-25(24)33)19(2)27(37-28)21-13-11-20(17-34)12-14-21/h4-15,18-19,26-28,34H,3,16-17H2,1-2H3,(H2,30,32,35)/t19-,26+,27+,28?/m0/s1. The van der Waals surface area contributed by atoms with Gasteiger partial charge in [-0.15, -0.1) is 0 Å². The van der Waals surface area contributed by atoms with Gasteiger partial charge in [-0.25, -0.2) is 9.78 Å². The van der Waals surface area contributed by atoms with Crippen molar-refractivity contribution in [3.63, 3.8) is 0 Å². The Kier molecular flexibility index (Phi) is 7.50. The molecule has 0 saturated carbocycles. The summed E-state index contributed by atoms with van der Waals surface area (Å²) in [5, 5.41) is 15.1. The lowest BCUT2D eigenvalue weighted by Gasteiger charge is -2.41. The van der Waals surface area contributed by atoms with E-state index < -0.39 is 6.29 Å². The Balaban J connectivity index is 1.45. The van der Waals surface area contributed by atoms with Crippen LogP contribution in [0.4, 0.5) is 10.5 Å².